The minimum Gasteiger partial charge on any atom is -0.489 e. The quantitative estimate of drug-likeness (QED) is 0.512. The molecule has 0 aliphatic carbocycles. The summed E-state index contributed by atoms with van der Waals surface area (Å²) in [5, 5.41) is 11.1. The highest BCUT2D eigenvalue weighted by atomic mass is 16.5. The van der Waals surface area contributed by atoms with E-state index < -0.39 is 5.97 Å². The molecule has 0 heterocycles. The molecule has 3 rings (SSSR count). The number of carboxylic acid groups (broad SMARTS) is 1. The van der Waals surface area contributed by atoms with Crippen molar-refractivity contribution in [3.63, 3.8) is 0 Å². The fourth-order valence-corrected chi connectivity index (χ4v) is 3.11. The Balaban J connectivity index is 1.50. The highest BCUT2D eigenvalue weighted by Gasteiger charge is 2.02. The van der Waals surface area contributed by atoms with Crippen LogP contribution in [0.15, 0.2) is 66.7 Å². The van der Waals surface area contributed by atoms with Crippen molar-refractivity contribution in [2.75, 3.05) is 0 Å². The molecule has 0 aliphatic heterocycles. The Morgan fingerprint density at radius 2 is 1.62 bits per heavy atom. The number of aliphatic carboxylic acids is 1. The second kappa shape index (κ2) is 9.04. The summed E-state index contributed by atoms with van der Waals surface area (Å²) in [4.78, 5) is 10.5. The van der Waals surface area contributed by atoms with Crippen LogP contribution < -0.4 is 4.74 Å². The first-order valence-corrected chi connectivity index (χ1v) is 9.12. The number of hydrogen-bond donors (Lipinski definition) is 1. The second-order valence-electron chi connectivity index (χ2n) is 6.53. The number of hydrogen-bond acceptors (Lipinski definition) is 2. The van der Waals surface area contributed by atoms with E-state index in [1.165, 1.54) is 21.9 Å². The van der Waals surface area contributed by atoms with Gasteiger partial charge >= 0.3 is 5.97 Å². The van der Waals surface area contributed by atoms with Gasteiger partial charge < -0.3 is 9.84 Å². The highest BCUT2D eigenvalue weighted by Crippen LogP contribution is 2.21. The number of fused-ring (bicyclic) bond motifs is 1. The SMILES string of the molecule is O=C(O)CCCCCc1ccc(OCc2cccc3ccccc23)cc1. The van der Waals surface area contributed by atoms with Crippen molar-refractivity contribution in [2.45, 2.75) is 38.7 Å². The summed E-state index contributed by atoms with van der Waals surface area (Å²) in [6, 6.07) is 22.8. The average Bonchev–Trinajstić information content (AvgIpc) is 2.67. The predicted molar refractivity (Wildman–Crippen MR) is 105 cm³/mol. The van der Waals surface area contributed by atoms with E-state index in [-0.39, 0.29) is 6.42 Å². The van der Waals surface area contributed by atoms with Gasteiger partial charge in [-0.15, -0.1) is 0 Å². The first-order valence-electron chi connectivity index (χ1n) is 9.12. The Morgan fingerprint density at radius 1 is 0.846 bits per heavy atom. The molecular formula is C23H24O3. The van der Waals surface area contributed by atoms with Crippen LogP contribution in [-0.2, 0) is 17.8 Å². The summed E-state index contributed by atoms with van der Waals surface area (Å²) in [7, 11) is 0. The first kappa shape index (κ1) is 18.0. The summed E-state index contributed by atoms with van der Waals surface area (Å²) in [5.74, 6) is 0.158. The number of ether oxygens (including phenoxy) is 1. The van der Waals surface area contributed by atoms with Crippen molar-refractivity contribution in [3.8, 4) is 5.75 Å². The summed E-state index contributed by atoms with van der Waals surface area (Å²) in [6.07, 6.45) is 3.96. The van der Waals surface area contributed by atoms with Crippen LogP contribution in [0.5, 0.6) is 5.75 Å². The van der Waals surface area contributed by atoms with E-state index in [0.29, 0.717) is 6.61 Å². The summed E-state index contributed by atoms with van der Waals surface area (Å²) >= 11 is 0. The van der Waals surface area contributed by atoms with E-state index in [9.17, 15) is 4.79 Å². The van der Waals surface area contributed by atoms with Crippen LogP contribution in [0.3, 0.4) is 0 Å². The number of carboxylic acids is 1. The van der Waals surface area contributed by atoms with Gasteiger partial charge in [-0.3, -0.25) is 4.79 Å². The third kappa shape index (κ3) is 5.09. The zero-order chi connectivity index (χ0) is 18.2. The topological polar surface area (TPSA) is 46.5 Å². The van der Waals surface area contributed by atoms with Crippen LogP contribution in [0.4, 0.5) is 0 Å². The minimum absolute atomic E-state index is 0.265. The van der Waals surface area contributed by atoms with Gasteiger partial charge in [0.2, 0.25) is 0 Å². The predicted octanol–water partition coefficient (Wildman–Crippen LogP) is 5.61. The van der Waals surface area contributed by atoms with Gasteiger partial charge in [0.25, 0.3) is 0 Å². The number of unbranched alkanes of at least 4 members (excludes halogenated alkanes) is 2. The highest BCUT2D eigenvalue weighted by molar-refractivity contribution is 5.85. The number of benzene rings is 3. The van der Waals surface area contributed by atoms with E-state index in [1.807, 2.05) is 18.2 Å². The fourth-order valence-electron chi connectivity index (χ4n) is 3.11. The van der Waals surface area contributed by atoms with Crippen LogP contribution in [0.2, 0.25) is 0 Å². The van der Waals surface area contributed by atoms with E-state index in [4.69, 9.17) is 9.84 Å². The van der Waals surface area contributed by atoms with Crippen LogP contribution in [0.1, 0.15) is 36.8 Å². The maximum absolute atomic E-state index is 10.5. The molecule has 0 radical (unpaired) electrons. The minimum atomic E-state index is -0.710. The largest absolute Gasteiger partial charge is 0.489 e. The van der Waals surface area contributed by atoms with E-state index >= 15 is 0 Å². The zero-order valence-electron chi connectivity index (χ0n) is 14.9. The van der Waals surface area contributed by atoms with Gasteiger partial charge in [-0.05, 0) is 53.3 Å². The molecule has 0 aliphatic rings. The molecule has 0 bridgehead atoms. The van der Waals surface area contributed by atoms with Gasteiger partial charge in [0.15, 0.2) is 0 Å². The normalized spacial score (nSPS) is 10.8. The number of rotatable bonds is 9. The molecule has 3 aromatic carbocycles. The average molecular weight is 348 g/mol. The summed E-state index contributed by atoms with van der Waals surface area (Å²) < 4.78 is 5.96. The van der Waals surface area contributed by atoms with Gasteiger partial charge in [0.1, 0.15) is 12.4 Å². The number of aryl methyl sites for hydroxylation is 1. The van der Waals surface area contributed by atoms with Crippen LogP contribution in [-0.4, -0.2) is 11.1 Å². The molecule has 0 fully saturated rings. The lowest BCUT2D eigenvalue weighted by Gasteiger charge is -2.10. The Morgan fingerprint density at radius 3 is 2.42 bits per heavy atom. The zero-order valence-corrected chi connectivity index (χ0v) is 14.9. The Kier molecular flexibility index (Phi) is 6.26. The molecule has 0 unspecified atom stereocenters. The lowest BCUT2D eigenvalue weighted by Crippen LogP contribution is -1.97. The van der Waals surface area contributed by atoms with Crippen LogP contribution in [0.25, 0.3) is 10.8 Å². The third-order valence-electron chi connectivity index (χ3n) is 4.55. The molecule has 0 amide bonds. The van der Waals surface area contributed by atoms with Crippen molar-refractivity contribution in [1.29, 1.82) is 0 Å². The Bertz CT molecular complexity index is 847. The molecule has 3 aromatic rings. The molecule has 0 saturated heterocycles. The standard InChI is InChI=1S/C23H24O3/c24-23(25)12-3-1-2-7-18-13-15-21(16-14-18)26-17-20-10-6-9-19-8-4-5-11-22(19)20/h4-6,8-11,13-16H,1-3,7,12,17H2,(H,24,25). The van der Waals surface area contributed by atoms with Crippen molar-refractivity contribution < 1.29 is 14.6 Å². The smallest absolute Gasteiger partial charge is 0.303 e. The molecular weight excluding hydrogens is 324 g/mol. The number of carbonyl (C=O) groups is 1. The van der Waals surface area contributed by atoms with Gasteiger partial charge in [-0.1, -0.05) is 61.0 Å². The first-order chi connectivity index (χ1) is 12.7. The lowest BCUT2D eigenvalue weighted by molar-refractivity contribution is -0.137. The molecule has 26 heavy (non-hydrogen) atoms. The maximum Gasteiger partial charge on any atom is 0.303 e. The van der Waals surface area contributed by atoms with Crippen molar-refractivity contribution in [2.24, 2.45) is 0 Å². The third-order valence-corrected chi connectivity index (χ3v) is 4.55. The van der Waals surface area contributed by atoms with Gasteiger partial charge in [-0.2, -0.15) is 0 Å². The van der Waals surface area contributed by atoms with E-state index in [1.54, 1.807) is 0 Å². The molecule has 134 valence electrons. The Hall–Kier alpha value is -2.81. The van der Waals surface area contributed by atoms with E-state index in [2.05, 4.69) is 48.5 Å². The maximum atomic E-state index is 10.5. The molecule has 0 aromatic heterocycles. The second-order valence-corrected chi connectivity index (χ2v) is 6.53. The van der Waals surface area contributed by atoms with Crippen molar-refractivity contribution in [1.82, 2.24) is 0 Å². The molecule has 0 atom stereocenters. The van der Waals surface area contributed by atoms with Crippen molar-refractivity contribution in [3.05, 3.63) is 77.9 Å². The molecule has 3 nitrogen and oxygen atoms in total. The van der Waals surface area contributed by atoms with Crippen molar-refractivity contribution >= 4 is 16.7 Å². The lowest BCUT2D eigenvalue weighted by atomic mass is 10.1. The van der Waals surface area contributed by atoms with Crippen LogP contribution in [0, 0.1) is 0 Å². The Labute approximate surface area is 154 Å². The monoisotopic (exact) mass is 348 g/mol. The molecule has 0 saturated carbocycles. The molecule has 0 spiro atoms. The molecule has 3 heteroatoms. The van der Waals surface area contributed by atoms with E-state index in [0.717, 1.165) is 31.4 Å². The summed E-state index contributed by atoms with van der Waals surface area (Å²) in [6.45, 7) is 0.551. The van der Waals surface area contributed by atoms with Crippen LogP contribution >= 0.6 is 0 Å². The van der Waals surface area contributed by atoms with Gasteiger partial charge in [0.05, 0.1) is 0 Å². The van der Waals surface area contributed by atoms with Gasteiger partial charge in [-0.25, -0.2) is 0 Å². The molecule has 1 N–H and O–H groups in total. The van der Waals surface area contributed by atoms with Gasteiger partial charge in [0, 0.05) is 6.42 Å². The summed E-state index contributed by atoms with van der Waals surface area (Å²) in [5.41, 5.74) is 2.45. The fraction of sp³-hybridized carbons (Fsp3) is 0.261.